The van der Waals surface area contributed by atoms with Crippen molar-refractivity contribution in [1.82, 2.24) is 9.97 Å². The van der Waals surface area contributed by atoms with E-state index in [4.69, 9.17) is 0 Å². The third-order valence-electron chi connectivity index (χ3n) is 3.46. The monoisotopic (exact) mass is 220 g/mol. The Hall–Kier alpha value is -0.960. The van der Waals surface area contributed by atoms with Gasteiger partial charge in [-0.1, -0.05) is 20.8 Å². The van der Waals surface area contributed by atoms with E-state index in [0.717, 1.165) is 18.4 Å². The van der Waals surface area contributed by atoms with Gasteiger partial charge in [-0.25, -0.2) is 9.97 Å². The van der Waals surface area contributed by atoms with Gasteiger partial charge in [-0.05, 0) is 30.6 Å². The Kier molecular flexibility index (Phi) is 2.74. The van der Waals surface area contributed by atoms with E-state index in [2.05, 4.69) is 30.7 Å². The van der Waals surface area contributed by atoms with Crippen LogP contribution in [0.25, 0.3) is 0 Å². The zero-order valence-corrected chi connectivity index (χ0v) is 10.3. The Bertz CT molecular complexity index is 363. The lowest BCUT2D eigenvalue weighted by Crippen LogP contribution is -2.40. The van der Waals surface area contributed by atoms with E-state index >= 15 is 0 Å². The maximum atomic E-state index is 10.8. The summed E-state index contributed by atoms with van der Waals surface area (Å²) in [6, 6.07) is 0. The number of rotatable bonds is 1. The second-order valence-corrected chi connectivity index (χ2v) is 6.01. The van der Waals surface area contributed by atoms with Gasteiger partial charge < -0.3 is 5.11 Å². The summed E-state index contributed by atoms with van der Waals surface area (Å²) in [5, 5.41) is 10.8. The van der Waals surface area contributed by atoms with Crippen LogP contribution in [0.1, 0.15) is 45.6 Å². The molecule has 1 aromatic heterocycles. The van der Waals surface area contributed by atoms with Gasteiger partial charge in [0.2, 0.25) is 0 Å². The van der Waals surface area contributed by atoms with E-state index in [1.807, 2.05) is 0 Å². The summed E-state index contributed by atoms with van der Waals surface area (Å²) in [4.78, 5) is 8.01. The van der Waals surface area contributed by atoms with Crippen molar-refractivity contribution < 1.29 is 5.11 Å². The van der Waals surface area contributed by atoms with Crippen LogP contribution < -0.4 is 0 Å². The smallest absolute Gasteiger partial charge is 0.115 e. The predicted octanol–water partition coefficient (Wildman–Crippen LogP) is 2.51. The average Bonchev–Trinajstić information content (AvgIpc) is 2.15. The van der Waals surface area contributed by atoms with Crippen molar-refractivity contribution in [1.29, 1.82) is 0 Å². The van der Waals surface area contributed by atoms with Gasteiger partial charge in [-0.3, -0.25) is 0 Å². The number of aliphatic hydroxyl groups is 1. The van der Waals surface area contributed by atoms with Gasteiger partial charge in [0.1, 0.15) is 6.33 Å². The third-order valence-corrected chi connectivity index (χ3v) is 3.46. The van der Waals surface area contributed by atoms with Crippen LogP contribution in [0.2, 0.25) is 0 Å². The summed E-state index contributed by atoms with van der Waals surface area (Å²) in [7, 11) is 0. The molecule has 1 saturated carbocycles. The van der Waals surface area contributed by atoms with Crippen molar-refractivity contribution >= 4 is 0 Å². The third kappa shape index (κ3) is 2.24. The van der Waals surface area contributed by atoms with Crippen LogP contribution in [-0.2, 0) is 5.60 Å². The maximum absolute atomic E-state index is 10.8. The van der Waals surface area contributed by atoms with E-state index < -0.39 is 5.60 Å². The number of hydrogen-bond donors (Lipinski definition) is 1. The van der Waals surface area contributed by atoms with Crippen molar-refractivity contribution in [3.8, 4) is 0 Å². The zero-order valence-electron chi connectivity index (χ0n) is 10.3. The summed E-state index contributed by atoms with van der Waals surface area (Å²) in [5.74, 6) is 0.536. The molecule has 0 radical (unpaired) electrons. The molecule has 1 N–H and O–H groups in total. The largest absolute Gasteiger partial charge is 0.385 e. The molecule has 0 saturated heterocycles. The summed E-state index contributed by atoms with van der Waals surface area (Å²) >= 11 is 0. The standard InChI is InChI=1S/C13H20N2O/c1-10-4-12(2,3)8-13(16,5-10)11-6-14-9-15-7-11/h6-7,9-10,16H,4-5,8H2,1-3H3. The van der Waals surface area contributed by atoms with E-state index in [1.165, 1.54) is 12.7 Å². The van der Waals surface area contributed by atoms with Gasteiger partial charge in [0.15, 0.2) is 0 Å². The fourth-order valence-corrected chi connectivity index (χ4v) is 3.29. The molecule has 1 fully saturated rings. The minimum Gasteiger partial charge on any atom is -0.385 e. The van der Waals surface area contributed by atoms with Crippen LogP contribution in [-0.4, -0.2) is 15.1 Å². The Labute approximate surface area is 96.9 Å². The lowest BCUT2D eigenvalue weighted by Gasteiger charge is -2.44. The van der Waals surface area contributed by atoms with E-state index in [9.17, 15) is 5.11 Å². The lowest BCUT2D eigenvalue weighted by molar-refractivity contribution is -0.0639. The highest BCUT2D eigenvalue weighted by Crippen LogP contribution is 2.48. The molecule has 1 heterocycles. The Balaban J connectivity index is 2.31. The summed E-state index contributed by atoms with van der Waals surface area (Å²) < 4.78 is 0. The molecule has 2 rings (SSSR count). The van der Waals surface area contributed by atoms with Gasteiger partial charge in [-0.15, -0.1) is 0 Å². The molecular weight excluding hydrogens is 200 g/mol. The topological polar surface area (TPSA) is 46.0 Å². The molecule has 16 heavy (non-hydrogen) atoms. The molecule has 0 aliphatic heterocycles. The number of aromatic nitrogens is 2. The second-order valence-electron chi connectivity index (χ2n) is 6.01. The Morgan fingerprint density at radius 3 is 2.44 bits per heavy atom. The molecule has 2 atom stereocenters. The summed E-state index contributed by atoms with van der Waals surface area (Å²) in [5.41, 5.74) is 0.291. The first-order valence-corrected chi connectivity index (χ1v) is 5.89. The molecule has 0 bridgehead atoms. The van der Waals surface area contributed by atoms with Crippen LogP contribution in [0, 0.1) is 11.3 Å². The van der Waals surface area contributed by atoms with E-state index in [1.54, 1.807) is 12.4 Å². The van der Waals surface area contributed by atoms with Gasteiger partial charge in [-0.2, -0.15) is 0 Å². The highest BCUT2D eigenvalue weighted by Gasteiger charge is 2.42. The van der Waals surface area contributed by atoms with Crippen LogP contribution in [0.5, 0.6) is 0 Å². The molecule has 1 aliphatic rings. The van der Waals surface area contributed by atoms with Gasteiger partial charge in [0, 0.05) is 18.0 Å². The zero-order chi connectivity index (χ0) is 11.8. The van der Waals surface area contributed by atoms with Crippen molar-refractivity contribution in [2.24, 2.45) is 11.3 Å². The quantitative estimate of drug-likeness (QED) is 0.791. The van der Waals surface area contributed by atoms with Crippen molar-refractivity contribution in [3.05, 3.63) is 24.3 Å². The van der Waals surface area contributed by atoms with E-state index in [-0.39, 0.29) is 5.41 Å². The molecule has 0 amide bonds. The highest BCUT2D eigenvalue weighted by atomic mass is 16.3. The van der Waals surface area contributed by atoms with E-state index in [0.29, 0.717) is 5.92 Å². The van der Waals surface area contributed by atoms with Crippen LogP contribution in [0.3, 0.4) is 0 Å². The molecule has 1 aliphatic carbocycles. The Morgan fingerprint density at radius 2 is 1.88 bits per heavy atom. The molecule has 88 valence electrons. The van der Waals surface area contributed by atoms with Crippen LogP contribution in [0.15, 0.2) is 18.7 Å². The summed E-state index contributed by atoms with van der Waals surface area (Å²) in [6.45, 7) is 6.64. The Morgan fingerprint density at radius 1 is 1.25 bits per heavy atom. The molecule has 0 aromatic carbocycles. The van der Waals surface area contributed by atoms with Gasteiger partial charge in [0.05, 0.1) is 5.60 Å². The van der Waals surface area contributed by atoms with Crippen LogP contribution in [0.4, 0.5) is 0 Å². The summed E-state index contributed by atoms with van der Waals surface area (Å²) in [6.07, 6.45) is 7.75. The fraction of sp³-hybridized carbons (Fsp3) is 0.692. The molecule has 2 unspecified atom stereocenters. The maximum Gasteiger partial charge on any atom is 0.115 e. The molecule has 1 aromatic rings. The molecular formula is C13H20N2O. The van der Waals surface area contributed by atoms with Gasteiger partial charge >= 0.3 is 0 Å². The fourth-order valence-electron chi connectivity index (χ4n) is 3.29. The van der Waals surface area contributed by atoms with Crippen molar-refractivity contribution in [3.63, 3.8) is 0 Å². The number of nitrogens with zero attached hydrogens (tertiary/aromatic N) is 2. The lowest BCUT2D eigenvalue weighted by atomic mass is 9.64. The normalized spacial score (nSPS) is 33.6. The number of hydrogen-bond acceptors (Lipinski definition) is 3. The predicted molar refractivity (Wildman–Crippen MR) is 62.7 cm³/mol. The van der Waals surface area contributed by atoms with Crippen molar-refractivity contribution in [2.45, 2.75) is 45.6 Å². The first-order chi connectivity index (χ1) is 7.41. The molecule has 3 nitrogen and oxygen atoms in total. The SMILES string of the molecule is CC1CC(C)(C)CC(O)(c2cncnc2)C1. The molecule has 0 spiro atoms. The first kappa shape index (κ1) is 11.5. The minimum atomic E-state index is -0.748. The van der Waals surface area contributed by atoms with Gasteiger partial charge in [0.25, 0.3) is 0 Å². The van der Waals surface area contributed by atoms with Crippen molar-refractivity contribution in [2.75, 3.05) is 0 Å². The minimum absolute atomic E-state index is 0.183. The highest BCUT2D eigenvalue weighted by molar-refractivity contribution is 5.16. The first-order valence-electron chi connectivity index (χ1n) is 5.89. The second kappa shape index (κ2) is 3.81. The molecule has 3 heteroatoms. The average molecular weight is 220 g/mol. The van der Waals surface area contributed by atoms with Crippen LogP contribution >= 0.6 is 0 Å².